The molecular formula is C29H40F2N4O7. The van der Waals surface area contributed by atoms with Crippen LogP contribution in [0.5, 0.6) is 0 Å². The minimum atomic E-state index is -4.29. The standard InChI is InChI=1S/C29H40F2N4O7/c1-6-42-22(37)15-21(36)33-24(18(4)5)27(40)35-14-10-13-20(35)26(39)34-23(17(2)3)25(38)29(30,31)28(41)32-16-19-11-8-7-9-12-19/h7-9,11-12,18,20,24-25,38H,6,10,13-16H2,1-5H3,(H,32,41)(H,33,36)(H,34,39)/t20?,24-,25?/m0/s1. The summed E-state index contributed by atoms with van der Waals surface area (Å²) in [5.74, 6) is -9.28. The zero-order valence-corrected chi connectivity index (χ0v) is 24.5. The molecule has 0 radical (unpaired) electrons. The van der Waals surface area contributed by atoms with E-state index in [4.69, 9.17) is 4.74 Å². The van der Waals surface area contributed by atoms with Gasteiger partial charge in [0.2, 0.25) is 17.7 Å². The smallest absolute Gasteiger partial charge is 0.355 e. The van der Waals surface area contributed by atoms with E-state index in [1.54, 1.807) is 51.1 Å². The summed E-state index contributed by atoms with van der Waals surface area (Å²) >= 11 is 0. The van der Waals surface area contributed by atoms with E-state index < -0.39 is 71.7 Å². The van der Waals surface area contributed by atoms with Crippen LogP contribution in [0.3, 0.4) is 0 Å². The van der Waals surface area contributed by atoms with Crippen LogP contribution < -0.4 is 16.0 Å². The number of ether oxygens (including phenoxy) is 1. The first-order valence-electron chi connectivity index (χ1n) is 13.8. The van der Waals surface area contributed by atoms with Crippen molar-refractivity contribution in [2.75, 3.05) is 13.2 Å². The van der Waals surface area contributed by atoms with Crippen LogP contribution in [0.4, 0.5) is 8.78 Å². The number of likely N-dealkylation sites (tertiary alicyclic amines) is 1. The molecule has 1 saturated heterocycles. The molecule has 3 atom stereocenters. The van der Waals surface area contributed by atoms with Gasteiger partial charge in [0.15, 0.2) is 6.10 Å². The van der Waals surface area contributed by atoms with E-state index in [1.807, 2.05) is 0 Å². The summed E-state index contributed by atoms with van der Waals surface area (Å²) in [7, 11) is 0. The molecule has 232 valence electrons. The largest absolute Gasteiger partial charge is 0.466 e. The van der Waals surface area contributed by atoms with Gasteiger partial charge in [-0.3, -0.25) is 24.0 Å². The molecule has 0 aliphatic carbocycles. The van der Waals surface area contributed by atoms with Crippen LogP contribution in [0.25, 0.3) is 0 Å². The molecule has 0 spiro atoms. The van der Waals surface area contributed by atoms with Crippen molar-refractivity contribution in [2.24, 2.45) is 5.92 Å². The first-order valence-corrected chi connectivity index (χ1v) is 13.8. The second-order valence-electron chi connectivity index (χ2n) is 10.6. The molecule has 2 rings (SSSR count). The van der Waals surface area contributed by atoms with E-state index in [0.717, 1.165) is 0 Å². The Kier molecular flexibility index (Phi) is 12.6. The van der Waals surface area contributed by atoms with E-state index in [2.05, 4.69) is 16.0 Å². The maximum absolute atomic E-state index is 15.0. The molecule has 13 heteroatoms. The van der Waals surface area contributed by atoms with Gasteiger partial charge in [0, 0.05) is 13.1 Å². The maximum Gasteiger partial charge on any atom is 0.355 e. The molecule has 1 aromatic rings. The van der Waals surface area contributed by atoms with Gasteiger partial charge in [-0.05, 0) is 45.1 Å². The van der Waals surface area contributed by atoms with Crippen LogP contribution >= 0.6 is 0 Å². The Morgan fingerprint density at radius 1 is 1.12 bits per heavy atom. The predicted octanol–water partition coefficient (Wildman–Crippen LogP) is 1.79. The van der Waals surface area contributed by atoms with Crippen molar-refractivity contribution in [1.82, 2.24) is 20.9 Å². The molecule has 11 nitrogen and oxygen atoms in total. The lowest BCUT2D eigenvalue weighted by molar-refractivity contribution is -0.160. The SMILES string of the molecule is CCOC(=O)CC(=O)N[C@H](C(=O)N1CCCC1C(=O)NC(=C(C)C)C(O)C(F)(F)C(=O)NCc1ccccc1)C(C)C. The Balaban J connectivity index is 2.14. The molecule has 4 amide bonds. The van der Waals surface area contributed by atoms with E-state index in [-0.39, 0.29) is 31.7 Å². The highest BCUT2D eigenvalue weighted by Crippen LogP contribution is 2.27. The quantitative estimate of drug-likeness (QED) is 0.201. The number of nitrogens with one attached hydrogen (secondary N) is 3. The minimum Gasteiger partial charge on any atom is -0.466 e. The Morgan fingerprint density at radius 3 is 2.33 bits per heavy atom. The van der Waals surface area contributed by atoms with Gasteiger partial charge in [-0.2, -0.15) is 8.78 Å². The number of esters is 1. The molecular weight excluding hydrogens is 554 g/mol. The van der Waals surface area contributed by atoms with E-state index in [0.29, 0.717) is 12.0 Å². The second kappa shape index (κ2) is 15.4. The number of allylic oxidation sites excluding steroid dienone is 1. The summed E-state index contributed by atoms with van der Waals surface area (Å²) < 4.78 is 34.8. The van der Waals surface area contributed by atoms with Gasteiger partial charge < -0.3 is 30.7 Å². The number of benzene rings is 1. The normalized spacial score (nSPS) is 16.3. The van der Waals surface area contributed by atoms with E-state index in [1.165, 1.54) is 18.7 Å². The van der Waals surface area contributed by atoms with Crippen LogP contribution in [0.2, 0.25) is 0 Å². The van der Waals surface area contributed by atoms with Crippen LogP contribution in [0, 0.1) is 5.92 Å². The average molecular weight is 595 g/mol. The summed E-state index contributed by atoms with van der Waals surface area (Å²) in [6.07, 6.45) is -2.61. The number of aliphatic hydroxyl groups excluding tert-OH is 1. The van der Waals surface area contributed by atoms with Gasteiger partial charge in [-0.15, -0.1) is 0 Å². The van der Waals surface area contributed by atoms with Gasteiger partial charge >= 0.3 is 11.9 Å². The lowest BCUT2D eigenvalue weighted by atomic mass is 10.0. The lowest BCUT2D eigenvalue weighted by Crippen LogP contribution is -2.56. The number of hydrogen-bond acceptors (Lipinski definition) is 7. The molecule has 4 N–H and O–H groups in total. The number of alkyl halides is 2. The van der Waals surface area contributed by atoms with E-state index >= 15 is 8.78 Å². The van der Waals surface area contributed by atoms with Crippen molar-refractivity contribution in [3.8, 4) is 0 Å². The topological polar surface area (TPSA) is 154 Å². The molecule has 0 bridgehead atoms. The fraction of sp³-hybridized carbons (Fsp3) is 0.552. The van der Waals surface area contributed by atoms with Gasteiger partial charge in [0.05, 0.1) is 12.3 Å². The number of hydrogen-bond donors (Lipinski definition) is 4. The van der Waals surface area contributed by atoms with Gasteiger partial charge in [-0.1, -0.05) is 49.8 Å². The number of carbonyl (C=O) groups is 5. The van der Waals surface area contributed by atoms with Gasteiger partial charge in [0.25, 0.3) is 5.91 Å². The predicted molar refractivity (Wildman–Crippen MR) is 149 cm³/mol. The first-order chi connectivity index (χ1) is 19.7. The zero-order chi connectivity index (χ0) is 31.6. The van der Waals surface area contributed by atoms with Crippen LogP contribution in [-0.4, -0.2) is 76.9 Å². The number of aliphatic hydroxyl groups is 1. The highest BCUT2D eigenvalue weighted by atomic mass is 19.3. The number of amides is 4. The summed E-state index contributed by atoms with van der Waals surface area (Å²) in [5, 5.41) is 17.5. The zero-order valence-electron chi connectivity index (χ0n) is 24.5. The third-order valence-corrected chi connectivity index (χ3v) is 6.71. The molecule has 0 aromatic heterocycles. The minimum absolute atomic E-state index is 0.0931. The molecule has 1 aromatic carbocycles. The molecule has 0 saturated carbocycles. The van der Waals surface area contributed by atoms with Crippen LogP contribution in [-0.2, 0) is 35.3 Å². The summed E-state index contributed by atoms with van der Waals surface area (Å²) in [5.41, 5.74) is 0.158. The molecule has 1 aliphatic rings. The fourth-order valence-electron chi connectivity index (χ4n) is 4.45. The lowest BCUT2D eigenvalue weighted by Gasteiger charge is -2.31. The third kappa shape index (κ3) is 9.07. The first kappa shape index (κ1) is 34.3. The Bertz CT molecular complexity index is 1170. The van der Waals surface area contributed by atoms with Crippen LogP contribution in [0.15, 0.2) is 41.6 Å². The van der Waals surface area contributed by atoms with Crippen LogP contribution in [0.1, 0.15) is 59.4 Å². The average Bonchev–Trinajstić information content (AvgIpc) is 3.43. The monoisotopic (exact) mass is 594 g/mol. The number of nitrogens with zero attached hydrogens (tertiary/aromatic N) is 1. The van der Waals surface area contributed by atoms with Gasteiger partial charge in [0.1, 0.15) is 18.5 Å². The van der Waals surface area contributed by atoms with Gasteiger partial charge in [-0.25, -0.2) is 0 Å². The number of rotatable bonds is 13. The van der Waals surface area contributed by atoms with Crippen molar-refractivity contribution in [1.29, 1.82) is 0 Å². The summed E-state index contributed by atoms with van der Waals surface area (Å²) in [4.78, 5) is 64.3. The molecule has 42 heavy (non-hydrogen) atoms. The van der Waals surface area contributed by atoms with E-state index in [9.17, 15) is 29.1 Å². The van der Waals surface area contributed by atoms with Crippen molar-refractivity contribution in [3.05, 3.63) is 47.2 Å². The highest BCUT2D eigenvalue weighted by Gasteiger charge is 2.49. The van der Waals surface area contributed by atoms with Crippen molar-refractivity contribution in [2.45, 2.75) is 84.5 Å². The number of carbonyl (C=O) groups excluding carboxylic acids is 5. The number of halogens is 2. The summed E-state index contributed by atoms with van der Waals surface area (Å²) in [6.45, 7) is 7.81. The third-order valence-electron chi connectivity index (χ3n) is 6.71. The Labute approximate surface area is 244 Å². The Hall–Kier alpha value is -3.87. The molecule has 1 aliphatic heterocycles. The van der Waals surface area contributed by atoms with Crippen molar-refractivity contribution in [3.63, 3.8) is 0 Å². The molecule has 1 fully saturated rings. The Morgan fingerprint density at radius 2 is 1.76 bits per heavy atom. The van der Waals surface area contributed by atoms with Crippen molar-refractivity contribution >= 4 is 29.6 Å². The highest BCUT2D eigenvalue weighted by molar-refractivity contribution is 5.98. The maximum atomic E-state index is 15.0. The second-order valence-corrected chi connectivity index (χ2v) is 10.6. The fourth-order valence-corrected chi connectivity index (χ4v) is 4.45. The molecule has 2 unspecified atom stereocenters. The van der Waals surface area contributed by atoms with Crippen molar-refractivity contribution < 1.29 is 42.6 Å². The molecule has 1 heterocycles. The summed E-state index contributed by atoms with van der Waals surface area (Å²) in [6, 6.07) is 6.24.